The van der Waals surface area contributed by atoms with E-state index in [2.05, 4.69) is 5.32 Å². The molecular formula is C9H12FNO. The number of phenolic OH excluding ortho intramolecular Hbond substituents is 1. The minimum absolute atomic E-state index is 0.0642. The topological polar surface area (TPSA) is 32.3 Å². The molecule has 0 saturated carbocycles. The third kappa shape index (κ3) is 1.74. The van der Waals surface area contributed by atoms with Gasteiger partial charge in [0.25, 0.3) is 0 Å². The van der Waals surface area contributed by atoms with Gasteiger partial charge in [-0.1, -0.05) is 18.2 Å². The molecule has 2 nitrogen and oxygen atoms in total. The van der Waals surface area contributed by atoms with E-state index in [-0.39, 0.29) is 5.75 Å². The molecule has 0 heterocycles. The molecule has 0 bridgehead atoms. The Morgan fingerprint density at radius 1 is 1.42 bits per heavy atom. The van der Waals surface area contributed by atoms with Gasteiger partial charge in [0, 0.05) is 17.7 Å². The zero-order valence-electron chi connectivity index (χ0n) is 6.97. The van der Waals surface area contributed by atoms with E-state index in [4.69, 9.17) is 0 Å². The maximum atomic E-state index is 12.2. The van der Waals surface area contributed by atoms with E-state index in [9.17, 15) is 9.50 Å². The smallest absolute Gasteiger partial charge is 0.125 e. The van der Waals surface area contributed by atoms with Gasteiger partial charge in [-0.2, -0.15) is 0 Å². The van der Waals surface area contributed by atoms with Crippen LogP contribution in [0.4, 0.5) is 4.39 Å². The fourth-order valence-corrected chi connectivity index (χ4v) is 1.09. The zero-order valence-corrected chi connectivity index (χ0v) is 6.97. The number of para-hydroxylation sites is 1. The van der Waals surface area contributed by atoms with Gasteiger partial charge in [-0.25, -0.2) is 4.39 Å². The summed E-state index contributed by atoms with van der Waals surface area (Å²) >= 11 is 0. The lowest BCUT2D eigenvalue weighted by atomic mass is 10.1. The van der Waals surface area contributed by atoms with Crippen LogP contribution >= 0.6 is 0 Å². The van der Waals surface area contributed by atoms with Crippen LogP contribution in [0.2, 0.25) is 0 Å². The molecule has 0 atom stereocenters. The van der Waals surface area contributed by atoms with Gasteiger partial charge in [-0.15, -0.1) is 0 Å². The summed E-state index contributed by atoms with van der Waals surface area (Å²) in [4.78, 5) is 0. The molecule has 1 aromatic rings. The number of hydrogen-bond donors (Lipinski definition) is 2. The summed E-state index contributed by atoms with van der Waals surface area (Å²) in [5.74, 6) is 0.0642. The normalized spacial score (nSPS) is 10.2. The predicted octanol–water partition coefficient (Wildman–Crippen LogP) is 1.58. The Bertz CT molecular complexity index is 263. The number of halogens is 1. The molecule has 0 radical (unpaired) electrons. The molecule has 1 rings (SSSR count). The van der Waals surface area contributed by atoms with E-state index in [0.29, 0.717) is 12.1 Å². The van der Waals surface area contributed by atoms with Crippen molar-refractivity contribution in [3.05, 3.63) is 29.3 Å². The molecule has 2 N–H and O–H groups in total. The summed E-state index contributed by atoms with van der Waals surface area (Å²) in [6.45, 7) is -0.0664. The number of alkyl halides is 1. The number of benzene rings is 1. The lowest BCUT2D eigenvalue weighted by Gasteiger charge is -2.06. The first-order chi connectivity index (χ1) is 5.79. The van der Waals surface area contributed by atoms with Crippen molar-refractivity contribution in [3.63, 3.8) is 0 Å². The highest BCUT2D eigenvalue weighted by atomic mass is 19.1. The largest absolute Gasteiger partial charge is 0.507 e. The average molecular weight is 169 g/mol. The first-order valence-electron chi connectivity index (χ1n) is 3.80. The quantitative estimate of drug-likeness (QED) is 0.720. The summed E-state index contributed by atoms with van der Waals surface area (Å²) in [6.07, 6.45) is 0. The van der Waals surface area contributed by atoms with Crippen LogP contribution in [-0.4, -0.2) is 12.2 Å². The summed E-state index contributed by atoms with van der Waals surface area (Å²) in [7, 11) is 1.78. The van der Waals surface area contributed by atoms with Crippen LogP contribution in [-0.2, 0) is 13.2 Å². The maximum absolute atomic E-state index is 12.2. The van der Waals surface area contributed by atoms with E-state index in [1.165, 1.54) is 0 Å². The van der Waals surface area contributed by atoms with Crippen molar-refractivity contribution in [1.82, 2.24) is 5.32 Å². The first-order valence-corrected chi connectivity index (χ1v) is 3.80. The highest BCUT2D eigenvalue weighted by Crippen LogP contribution is 2.22. The van der Waals surface area contributed by atoms with E-state index >= 15 is 0 Å². The van der Waals surface area contributed by atoms with E-state index in [1.54, 1.807) is 25.2 Å². The van der Waals surface area contributed by atoms with Gasteiger partial charge < -0.3 is 10.4 Å². The Morgan fingerprint density at radius 3 is 2.67 bits per heavy atom. The highest BCUT2D eigenvalue weighted by Gasteiger charge is 2.04. The van der Waals surface area contributed by atoms with Gasteiger partial charge in [-0.05, 0) is 7.05 Å². The molecule has 0 fully saturated rings. The third-order valence-corrected chi connectivity index (χ3v) is 1.71. The van der Waals surface area contributed by atoms with Crippen LogP contribution in [0.15, 0.2) is 18.2 Å². The van der Waals surface area contributed by atoms with E-state index < -0.39 is 6.67 Å². The van der Waals surface area contributed by atoms with E-state index in [1.807, 2.05) is 0 Å². The maximum Gasteiger partial charge on any atom is 0.125 e. The molecule has 0 amide bonds. The van der Waals surface area contributed by atoms with Gasteiger partial charge in [0.1, 0.15) is 12.4 Å². The second-order valence-corrected chi connectivity index (χ2v) is 2.59. The van der Waals surface area contributed by atoms with Crippen LogP contribution in [0.1, 0.15) is 11.1 Å². The average Bonchev–Trinajstić information content (AvgIpc) is 2.09. The minimum Gasteiger partial charge on any atom is -0.507 e. The number of phenols is 1. The molecule has 1 aromatic carbocycles. The third-order valence-electron chi connectivity index (χ3n) is 1.71. The Hall–Kier alpha value is -1.09. The summed E-state index contributed by atoms with van der Waals surface area (Å²) in [5, 5.41) is 12.3. The second-order valence-electron chi connectivity index (χ2n) is 2.59. The Morgan fingerprint density at radius 2 is 2.08 bits per heavy atom. The van der Waals surface area contributed by atoms with Gasteiger partial charge in [-0.3, -0.25) is 0 Å². The van der Waals surface area contributed by atoms with Gasteiger partial charge in [0.05, 0.1) is 0 Å². The lowest BCUT2D eigenvalue weighted by Crippen LogP contribution is -2.05. The molecule has 0 aliphatic rings. The van der Waals surface area contributed by atoms with Crippen LogP contribution in [0.3, 0.4) is 0 Å². The Balaban J connectivity index is 2.97. The summed E-state index contributed by atoms with van der Waals surface area (Å²) in [5.41, 5.74) is 1.08. The second kappa shape index (κ2) is 4.07. The highest BCUT2D eigenvalue weighted by molar-refractivity contribution is 5.39. The number of aromatic hydroxyl groups is 1. The van der Waals surface area contributed by atoms with Gasteiger partial charge >= 0.3 is 0 Å². The van der Waals surface area contributed by atoms with Crippen molar-refractivity contribution in [2.24, 2.45) is 0 Å². The lowest BCUT2D eigenvalue weighted by molar-refractivity contribution is 0.427. The van der Waals surface area contributed by atoms with Crippen LogP contribution in [0.5, 0.6) is 5.75 Å². The molecule has 0 spiro atoms. The Kier molecular flexibility index (Phi) is 3.05. The molecule has 0 aromatic heterocycles. The van der Waals surface area contributed by atoms with E-state index in [0.717, 1.165) is 5.56 Å². The molecule has 0 saturated heterocycles. The van der Waals surface area contributed by atoms with Crippen molar-refractivity contribution in [2.45, 2.75) is 13.2 Å². The molecule has 12 heavy (non-hydrogen) atoms. The SMILES string of the molecule is CNCc1cccc(CF)c1O. The molecule has 3 heteroatoms. The molecular weight excluding hydrogens is 157 g/mol. The van der Waals surface area contributed by atoms with Crippen LogP contribution in [0, 0.1) is 0 Å². The first kappa shape index (κ1) is 9.00. The van der Waals surface area contributed by atoms with Gasteiger partial charge in [0.15, 0.2) is 0 Å². The van der Waals surface area contributed by atoms with Gasteiger partial charge in [0.2, 0.25) is 0 Å². The molecule has 0 aliphatic carbocycles. The summed E-state index contributed by atoms with van der Waals surface area (Å²) in [6, 6.07) is 5.08. The van der Waals surface area contributed by atoms with Crippen molar-refractivity contribution < 1.29 is 9.50 Å². The molecule has 66 valence electrons. The predicted molar refractivity (Wildman–Crippen MR) is 45.7 cm³/mol. The number of nitrogens with one attached hydrogen (secondary N) is 1. The monoisotopic (exact) mass is 169 g/mol. The van der Waals surface area contributed by atoms with Crippen LogP contribution in [0.25, 0.3) is 0 Å². The molecule has 0 unspecified atom stereocenters. The van der Waals surface area contributed by atoms with Crippen molar-refractivity contribution in [3.8, 4) is 5.75 Å². The number of rotatable bonds is 3. The molecule has 0 aliphatic heterocycles. The van der Waals surface area contributed by atoms with Crippen molar-refractivity contribution in [2.75, 3.05) is 7.05 Å². The summed E-state index contributed by atoms with van der Waals surface area (Å²) < 4.78 is 12.2. The standard InChI is InChI=1S/C9H12FNO/c1-11-6-8-4-2-3-7(5-10)9(8)12/h2-4,11-12H,5-6H2,1H3. The fraction of sp³-hybridized carbons (Fsp3) is 0.333. The number of hydrogen-bond acceptors (Lipinski definition) is 2. The van der Waals surface area contributed by atoms with Crippen molar-refractivity contribution >= 4 is 0 Å². The van der Waals surface area contributed by atoms with Crippen molar-refractivity contribution in [1.29, 1.82) is 0 Å². The van der Waals surface area contributed by atoms with Crippen LogP contribution < -0.4 is 5.32 Å². The zero-order chi connectivity index (χ0) is 8.97. The fourth-order valence-electron chi connectivity index (χ4n) is 1.09. The minimum atomic E-state index is -0.622. The Labute approximate surface area is 71.0 Å².